The quantitative estimate of drug-likeness (QED) is 0.790. The Morgan fingerprint density at radius 1 is 1.31 bits per heavy atom. The molecule has 0 saturated heterocycles. The number of hydrogen-bond donors (Lipinski definition) is 2. The van der Waals surface area contributed by atoms with Gasteiger partial charge >= 0.3 is 0 Å². The Bertz CT molecular complexity index is 463. The fraction of sp³-hybridized carbons (Fsp3) is 0.231. The monoisotopic (exact) mass is 232 g/mol. The summed E-state index contributed by atoms with van der Waals surface area (Å²) < 4.78 is 0. The van der Waals surface area contributed by atoms with Crippen LogP contribution in [-0.2, 0) is 0 Å². The molecule has 1 unspecified atom stereocenters. The van der Waals surface area contributed by atoms with Crippen molar-refractivity contribution in [2.75, 3.05) is 11.1 Å². The second kappa shape index (κ2) is 4.58. The lowest BCUT2D eigenvalue weighted by atomic mass is 10.1. The molecule has 2 rings (SSSR count). The molecule has 1 heterocycles. The Morgan fingerprint density at radius 3 is 2.75 bits per heavy atom. The molecule has 1 atom stereocenters. The Kier molecular flexibility index (Phi) is 3.15. The summed E-state index contributed by atoms with van der Waals surface area (Å²) in [6, 6.07) is 10.6. The van der Waals surface area contributed by atoms with E-state index < -0.39 is 0 Å². The first kappa shape index (κ1) is 11.0. The van der Waals surface area contributed by atoms with Gasteiger partial charge in [0.1, 0.15) is 0 Å². The van der Waals surface area contributed by atoms with Gasteiger partial charge in [-0.05, 0) is 43.0 Å². The van der Waals surface area contributed by atoms with E-state index in [0.717, 1.165) is 16.9 Å². The molecule has 16 heavy (non-hydrogen) atoms. The minimum atomic E-state index is 0.321. The number of aryl methyl sites for hydroxylation is 1. The molecule has 0 bridgehead atoms. The number of rotatable bonds is 3. The van der Waals surface area contributed by atoms with Gasteiger partial charge in [-0.15, -0.1) is 11.3 Å². The zero-order valence-electron chi connectivity index (χ0n) is 9.53. The molecule has 3 heteroatoms. The number of nitrogen functional groups attached to an aromatic ring is 1. The zero-order valence-corrected chi connectivity index (χ0v) is 10.3. The molecule has 1 aromatic heterocycles. The molecule has 0 fully saturated rings. The molecule has 0 amide bonds. The lowest BCUT2D eigenvalue weighted by Gasteiger charge is -2.14. The minimum Gasteiger partial charge on any atom is -0.398 e. The van der Waals surface area contributed by atoms with E-state index in [0.29, 0.717) is 6.04 Å². The van der Waals surface area contributed by atoms with Gasteiger partial charge in [-0.3, -0.25) is 0 Å². The highest BCUT2D eigenvalue weighted by Crippen LogP contribution is 2.24. The lowest BCUT2D eigenvalue weighted by Crippen LogP contribution is -2.05. The van der Waals surface area contributed by atoms with Crippen LogP contribution >= 0.6 is 11.3 Å². The van der Waals surface area contributed by atoms with E-state index in [4.69, 9.17) is 5.73 Å². The van der Waals surface area contributed by atoms with E-state index in [2.05, 4.69) is 35.8 Å². The average Bonchev–Trinajstić information content (AvgIpc) is 2.77. The van der Waals surface area contributed by atoms with Gasteiger partial charge < -0.3 is 11.1 Å². The predicted octanol–water partition coefficient (Wildman–Crippen LogP) is 3.81. The molecule has 0 aliphatic carbocycles. The van der Waals surface area contributed by atoms with E-state index in [-0.39, 0.29) is 0 Å². The van der Waals surface area contributed by atoms with Crippen LogP contribution in [0.25, 0.3) is 0 Å². The highest BCUT2D eigenvalue weighted by molar-refractivity contribution is 7.10. The highest BCUT2D eigenvalue weighted by Gasteiger charge is 2.06. The normalized spacial score (nSPS) is 12.4. The minimum absolute atomic E-state index is 0.321. The predicted molar refractivity (Wildman–Crippen MR) is 71.9 cm³/mol. The van der Waals surface area contributed by atoms with Crippen molar-refractivity contribution in [1.29, 1.82) is 0 Å². The maximum Gasteiger partial charge on any atom is 0.0578 e. The van der Waals surface area contributed by atoms with Crippen molar-refractivity contribution in [3.63, 3.8) is 0 Å². The zero-order chi connectivity index (χ0) is 11.5. The third-order valence-electron chi connectivity index (χ3n) is 2.63. The summed E-state index contributed by atoms with van der Waals surface area (Å²) in [5.41, 5.74) is 8.91. The standard InChI is InChI=1S/C13H16N2S/c1-9-5-6-11(8-12(9)14)15-10(2)13-4-3-7-16-13/h3-8,10,15H,14H2,1-2H3. The van der Waals surface area contributed by atoms with Gasteiger partial charge in [0.25, 0.3) is 0 Å². The summed E-state index contributed by atoms with van der Waals surface area (Å²) in [6.07, 6.45) is 0. The lowest BCUT2D eigenvalue weighted by molar-refractivity contribution is 0.908. The summed E-state index contributed by atoms with van der Waals surface area (Å²) in [5, 5.41) is 5.54. The Labute approximate surface area is 100 Å². The molecule has 2 nitrogen and oxygen atoms in total. The molecule has 84 valence electrons. The van der Waals surface area contributed by atoms with Crippen molar-refractivity contribution in [2.45, 2.75) is 19.9 Å². The van der Waals surface area contributed by atoms with Gasteiger partial charge in [-0.25, -0.2) is 0 Å². The molecular weight excluding hydrogens is 216 g/mol. The summed E-state index contributed by atoms with van der Waals surface area (Å²) in [4.78, 5) is 1.33. The van der Waals surface area contributed by atoms with E-state index in [1.165, 1.54) is 4.88 Å². The largest absolute Gasteiger partial charge is 0.398 e. The Hall–Kier alpha value is -1.48. The molecule has 1 aromatic carbocycles. The smallest absolute Gasteiger partial charge is 0.0578 e. The van der Waals surface area contributed by atoms with Gasteiger partial charge in [0, 0.05) is 16.3 Å². The second-order valence-corrected chi connectivity index (χ2v) is 4.93. The second-order valence-electron chi connectivity index (χ2n) is 3.95. The number of benzene rings is 1. The van der Waals surface area contributed by atoms with E-state index >= 15 is 0 Å². The fourth-order valence-electron chi connectivity index (χ4n) is 1.59. The third kappa shape index (κ3) is 2.36. The summed E-state index contributed by atoms with van der Waals surface area (Å²) in [7, 11) is 0. The molecule has 0 aliphatic rings. The van der Waals surface area contributed by atoms with E-state index in [9.17, 15) is 0 Å². The summed E-state index contributed by atoms with van der Waals surface area (Å²) in [5.74, 6) is 0. The Morgan fingerprint density at radius 2 is 2.12 bits per heavy atom. The van der Waals surface area contributed by atoms with Gasteiger partial charge in [0.2, 0.25) is 0 Å². The molecular formula is C13H16N2S. The van der Waals surface area contributed by atoms with Crippen LogP contribution in [0.5, 0.6) is 0 Å². The molecule has 0 spiro atoms. The first-order chi connectivity index (χ1) is 7.66. The topological polar surface area (TPSA) is 38.0 Å². The van der Waals surface area contributed by atoms with Crippen molar-refractivity contribution in [3.05, 3.63) is 46.2 Å². The molecule has 2 aromatic rings. The van der Waals surface area contributed by atoms with Crippen LogP contribution in [0.3, 0.4) is 0 Å². The first-order valence-electron chi connectivity index (χ1n) is 5.33. The van der Waals surface area contributed by atoms with Crippen molar-refractivity contribution in [3.8, 4) is 0 Å². The number of hydrogen-bond acceptors (Lipinski definition) is 3. The third-order valence-corrected chi connectivity index (χ3v) is 3.69. The summed E-state index contributed by atoms with van der Waals surface area (Å²) in [6.45, 7) is 4.17. The number of anilines is 2. The number of nitrogens with two attached hydrogens (primary N) is 1. The molecule has 0 saturated carbocycles. The molecule has 3 N–H and O–H groups in total. The van der Waals surface area contributed by atoms with Crippen LogP contribution in [0, 0.1) is 6.92 Å². The van der Waals surface area contributed by atoms with Gasteiger partial charge in [-0.1, -0.05) is 12.1 Å². The molecule has 0 radical (unpaired) electrons. The fourth-order valence-corrected chi connectivity index (χ4v) is 2.32. The van der Waals surface area contributed by atoms with Crippen LogP contribution in [0.2, 0.25) is 0 Å². The average molecular weight is 232 g/mol. The maximum atomic E-state index is 5.88. The van der Waals surface area contributed by atoms with Crippen molar-refractivity contribution >= 4 is 22.7 Å². The van der Waals surface area contributed by atoms with E-state index in [1.807, 2.05) is 19.1 Å². The SMILES string of the molecule is Cc1ccc(NC(C)c2cccs2)cc1N. The highest BCUT2D eigenvalue weighted by atomic mass is 32.1. The van der Waals surface area contributed by atoms with Gasteiger partial charge in [0.15, 0.2) is 0 Å². The Balaban J connectivity index is 2.12. The number of thiophene rings is 1. The molecule has 0 aliphatic heterocycles. The number of nitrogens with one attached hydrogen (secondary N) is 1. The van der Waals surface area contributed by atoms with Gasteiger partial charge in [0.05, 0.1) is 6.04 Å². The van der Waals surface area contributed by atoms with Crippen LogP contribution in [0.4, 0.5) is 11.4 Å². The van der Waals surface area contributed by atoms with Crippen LogP contribution < -0.4 is 11.1 Å². The van der Waals surface area contributed by atoms with Crippen molar-refractivity contribution < 1.29 is 0 Å². The van der Waals surface area contributed by atoms with Crippen LogP contribution in [-0.4, -0.2) is 0 Å². The van der Waals surface area contributed by atoms with Gasteiger partial charge in [-0.2, -0.15) is 0 Å². The maximum absolute atomic E-state index is 5.88. The summed E-state index contributed by atoms with van der Waals surface area (Å²) >= 11 is 1.76. The van der Waals surface area contributed by atoms with Crippen LogP contribution in [0.15, 0.2) is 35.7 Å². The van der Waals surface area contributed by atoms with E-state index in [1.54, 1.807) is 11.3 Å². The van der Waals surface area contributed by atoms with Crippen molar-refractivity contribution in [2.24, 2.45) is 0 Å². The van der Waals surface area contributed by atoms with Crippen LogP contribution in [0.1, 0.15) is 23.4 Å². The first-order valence-corrected chi connectivity index (χ1v) is 6.21. The van der Waals surface area contributed by atoms with Crippen molar-refractivity contribution in [1.82, 2.24) is 0 Å².